The van der Waals surface area contributed by atoms with Gasteiger partial charge in [0.2, 0.25) is 0 Å². The second-order valence-corrected chi connectivity index (χ2v) is 2.68. The van der Waals surface area contributed by atoms with E-state index in [2.05, 4.69) is 0 Å². The zero-order valence-electron chi connectivity index (χ0n) is 6.92. The molecule has 0 aromatic heterocycles. The lowest BCUT2D eigenvalue weighted by molar-refractivity contribution is 0.0696. The van der Waals surface area contributed by atoms with Crippen molar-refractivity contribution in [3.05, 3.63) is 34.9 Å². The first-order valence-electron chi connectivity index (χ1n) is 3.64. The lowest BCUT2D eigenvalue weighted by Gasteiger charge is -2.04. The molecule has 1 N–H and O–H groups in total. The van der Waals surface area contributed by atoms with E-state index in [1.54, 1.807) is 0 Å². The van der Waals surface area contributed by atoms with Gasteiger partial charge in [-0.3, -0.25) is 0 Å². The van der Waals surface area contributed by atoms with Crippen molar-refractivity contribution in [1.82, 2.24) is 0 Å². The van der Waals surface area contributed by atoms with Gasteiger partial charge in [-0.15, -0.1) is 0 Å². The predicted molar refractivity (Wildman–Crippen MR) is 43.1 cm³/mol. The third-order valence-corrected chi connectivity index (χ3v) is 1.75. The van der Waals surface area contributed by atoms with Crippen molar-refractivity contribution in [3.63, 3.8) is 0 Å². The number of alkyl halides is 2. The van der Waals surface area contributed by atoms with Gasteiger partial charge in [-0.05, 0) is 24.6 Å². The van der Waals surface area contributed by atoms with E-state index >= 15 is 0 Å². The third-order valence-electron chi connectivity index (χ3n) is 1.75. The van der Waals surface area contributed by atoms with Crippen molar-refractivity contribution in [3.8, 4) is 0 Å². The molecule has 2 nitrogen and oxygen atoms in total. The van der Waals surface area contributed by atoms with Crippen molar-refractivity contribution in [1.29, 1.82) is 0 Å². The summed E-state index contributed by atoms with van der Waals surface area (Å²) in [5.41, 5.74) is 0.210. The van der Waals surface area contributed by atoms with Crippen LogP contribution in [0.2, 0.25) is 0 Å². The summed E-state index contributed by atoms with van der Waals surface area (Å²) in [4.78, 5) is 10.4. The smallest absolute Gasteiger partial charge is 0.335 e. The highest BCUT2D eigenvalue weighted by Crippen LogP contribution is 2.23. The molecular weight excluding hydrogens is 178 g/mol. The van der Waals surface area contributed by atoms with Crippen LogP contribution in [0.1, 0.15) is 27.9 Å². The van der Waals surface area contributed by atoms with Crippen molar-refractivity contribution >= 4 is 5.97 Å². The summed E-state index contributed by atoms with van der Waals surface area (Å²) in [7, 11) is 0. The highest BCUT2D eigenvalue weighted by Gasteiger charge is 2.12. The molecule has 1 aromatic rings. The van der Waals surface area contributed by atoms with E-state index in [0.717, 1.165) is 6.07 Å². The van der Waals surface area contributed by atoms with Gasteiger partial charge in [-0.25, -0.2) is 13.6 Å². The highest BCUT2D eigenvalue weighted by atomic mass is 19.3. The summed E-state index contributed by atoms with van der Waals surface area (Å²) < 4.78 is 24.4. The van der Waals surface area contributed by atoms with Crippen LogP contribution >= 0.6 is 0 Å². The van der Waals surface area contributed by atoms with Crippen LogP contribution in [0.25, 0.3) is 0 Å². The maximum atomic E-state index is 12.2. The summed E-state index contributed by atoms with van der Waals surface area (Å²) in [6.45, 7) is 1.47. The van der Waals surface area contributed by atoms with Crippen LogP contribution in [-0.4, -0.2) is 11.1 Å². The Morgan fingerprint density at radius 2 is 2.08 bits per heavy atom. The first-order chi connectivity index (χ1) is 6.02. The number of carboxylic acid groups (broad SMARTS) is 1. The van der Waals surface area contributed by atoms with Gasteiger partial charge in [-0.1, -0.05) is 6.07 Å². The Morgan fingerprint density at radius 3 is 2.46 bits per heavy atom. The molecule has 0 spiro atoms. The standard InChI is InChI=1S/C9H8F2O2/c1-5-4-6(9(12)13)2-3-7(5)8(10)11/h2-4,8H,1H3,(H,12,13). The molecule has 0 fully saturated rings. The lowest BCUT2D eigenvalue weighted by atomic mass is 10.1. The van der Waals surface area contributed by atoms with Crippen LogP contribution in [0.4, 0.5) is 8.78 Å². The molecule has 0 bridgehead atoms. The molecular formula is C9H8F2O2. The maximum Gasteiger partial charge on any atom is 0.335 e. The Morgan fingerprint density at radius 1 is 1.46 bits per heavy atom. The van der Waals surface area contributed by atoms with Gasteiger partial charge in [0.1, 0.15) is 0 Å². The van der Waals surface area contributed by atoms with Crippen molar-refractivity contribution < 1.29 is 18.7 Å². The SMILES string of the molecule is Cc1cc(C(=O)O)ccc1C(F)F. The number of carbonyl (C=O) groups is 1. The zero-order valence-corrected chi connectivity index (χ0v) is 6.92. The summed E-state index contributed by atoms with van der Waals surface area (Å²) in [5, 5.41) is 8.55. The minimum absolute atomic E-state index is 0.0295. The molecule has 13 heavy (non-hydrogen) atoms. The van der Waals surface area contributed by atoms with Gasteiger partial charge >= 0.3 is 5.97 Å². The average molecular weight is 186 g/mol. The van der Waals surface area contributed by atoms with E-state index in [4.69, 9.17) is 5.11 Å². The number of hydrogen-bond acceptors (Lipinski definition) is 1. The molecule has 0 saturated carbocycles. The van der Waals surface area contributed by atoms with E-state index in [1.807, 2.05) is 0 Å². The third kappa shape index (κ3) is 2.02. The second-order valence-electron chi connectivity index (χ2n) is 2.68. The Balaban J connectivity index is 3.13. The van der Waals surface area contributed by atoms with Crippen LogP contribution < -0.4 is 0 Å². The van der Waals surface area contributed by atoms with Gasteiger partial charge < -0.3 is 5.11 Å². The van der Waals surface area contributed by atoms with Gasteiger partial charge in [0.25, 0.3) is 6.43 Å². The van der Waals surface area contributed by atoms with Crippen LogP contribution in [0.15, 0.2) is 18.2 Å². The Hall–Kier alpha value is -1.45. The fourth-order valence-electron chi connectivity index (χ4n) is 1.05. The van der Waals surface area contributed by atoms with Crippen molar-refractivity contribution in [2.45, 2.75) is 13.3 Å². The Bertz CT molecular complexity index is 334. The molecule has 0 heterocycles. The van der Waals surface area contributed by atoms with Crippen molar-refractivity contribution in [2.24, 2.45) is 0 Å². The first-order valence-corrected chi connectivity index (χ1v) is 3.64. The zero-order chi connectivity index (χ0) is 10.0. The molecule has 0 atom stereocenters. The molecule has 0 aliphatic heterocycles. The molecule has 70 valence electrons. The number of benzene rings is 1. The number of hydrogen-bond donors (Lipinski definition) is 1. The Kier molecular flexibility index (Phi) is 2.60. The topological polar surface area (TPSA) is 37.3 Å². The average Bonchev–Trinajstić information content (AvgIpc) is 2.03. The number of halogens is 2. The van der Waals surface area contributed by atoms with Crippen LogP contribution in [0.3, 0.4) is 0 Å². The number of carboxylic acids is 1. The summed E-state index contributed by atoms with van der Waals surface area (Å²) in [6, 6.07) is 3.56. The van der Waals surface area contributed by atoms with E-state index in [-0.39, 0.29) is 11.1 Å². The fraction of sp³-hybridized carbons (Fsp3) is 0.222. The van der Waals surface area contributed by atoms with Crippen LogP contribution in [-0.2, 0) is 0 Å². The van der Waals surface area contributed by atoms with Gasteiger partial charge in [-0.2, -0.15) is 0 Å². The summed E-state index contributed by atoms with van der Waals surface area (Å²) in [5.74, 6) is -1.11. The predicted octanol–water partition coefficient (Wildman–Crippen LogP) is 2.63. The number of aryl methyl sites for hydroxylation is 1. The molecule has 0 radical (unpaired) electrons. The van der Waals surface area contributed by atoms with Crippen molar-refractivity contribution in [2.75, 3.05) is 0 Å². The lowest BCUT2D eigenvalue weighted by Crippen LogP contribution is -1.98. The maximum absolute atomic E-state index is 12.2. The molecule has 4 heteroatoms. The van der Waals surface area contributed by atoms with E-state index in [9.17, 15) is 13.6 Å². The molecule has 1 rings (SSSR count). The first kappa shape index (κ1) is 9.64. The quantitative estimate of drug-likeness (QED) is 0.770. The normalized spacial score (nSPS) is 10.5. The Labute approximate surface area is 73.8 Å². The monoisotopic (exact) mass is 186 g/mol. The molecule has 0 saturated heterocycles. The second kappa shape index (κ2) is 3.51. The minimum atomic E-state index is -2.55. The summed E-state index contributed by atoms with van der Waals surface area (Å²) in [6.07, 6.45) is -2.55. The largest absolute Gasteiger partial charge is 0.478 e. The molecule has 0 aliphatic rings. The van der Waals surface area contributed by atoms with Gasteiger partial charge in [0, 0.05) is 5.56 Å². The molecule has 1 aromatic carbocycles. The number of aromatic carboxylic acids is 1. The van der Waals surface area contributed by atoms with Gasteiger partial charge in [0.05, 0.1) is 5.56 Å². The van der Waals surface area contributed by atoms with Gasteiger partial charge in [0.15, 0.2) is 0 Å². The van der Waals surface area contributed by atoms with E-state index in [1.165, 1.54) is 19.1 Å². The highest BCUT2D eigenvalue weighted by molar-refractivity contribution is 5.87. The molecule has 0 amide bonds. The minimum Gasteiger partial charge on any atom is -0.478 e. The van der Waals surface area contributed by atoms with Crippen LogP contribution in [0, 0.1) is 6.92 Å². The number of rotatable bonds is 2. The molecule has 0 unspecified atom stereocenters. The van der Waals surface area contributed by atoms with E-state index < -0.39 is 12.4 Å². The summed E-state index contributed by atoms with van der Waals surface area (Å²) >= 11 is 0. The van der Waals surface area contributed by atoms with E-state index in [0.29, 0.717) is 5.56 Å². The van der Waals surface area contributed by atoms with Crippen LogP contribution in [0.5, 0.6) is 0 Å². The molecule has 0 aliphatic carbocycles. The fourth-order valence-corrected chi connectivity index (χ4v) is 1.05.